The molecule has 35 heavy (non-hydrogen) atoms. The summed E-state index contributed by atoms with van der Waals surface area (Å²) in [6, 6.07) is 8.90. The fraction of sp³-hybridized carbons (Fsp3) is 0.481. The number of halogens is 4. The molecule has 1 saturated heterocycles. The van der Waals surface area contributed by atoms with E-state index < -0.39 is 46.6 Å². The lowest BCUT2D eigenvalue weighted by Gasteiger charge is -2.37. The summed E-state index contributed by atoms with van der Waals surface area (Å²) < 4.78 is 36.7. The minimum Gasteiger partial charge on any atom is -0.459 e. The van der Waals surface area contributed by atoms with Gasteiger partial charge < -0.3 is 4.74 Å². The topological polar surface area (TPSA) is 62.1 Å². The van der Waals surface area contributed by atoms with E-state index in [1.54, 1.807) is 26.8 Å². The van der Waals surface area contributed by atoms with Crippen molar-refractivity contribution in [3.63, 3.8) is 0 Å². The Morgan fingerprint density at radius 1 is 1.14 bits per heavy atom. The van der Waals surface area contributed by atoms with Crippen LogP contribution >= 0.6 is 23.2 Å². The Balaban J connectivity index is 2.37. The van der Waals surface area contributed by atoms with Gasteiger partial charge in [-0.1, -0.05) is 62.2 Å². The molecule has 0 radical (unpaired) electrons. The smallest absolute Gasteiger partial charge is 0.324 e. The van der Waals surface area contributed by atoms with E-state index in [2.05, 4.69) is 11.4 Å². The Morgan fingerprint density at radius 2 is 1.80 bits per heavy atom. The van der Waals surface area contributed by atoms with Crippen LogP contribution in [0.4, 0.5) is 8.78 Å². The van der Waals surface area contributed by atoms with Gasteiger partial charge in [-0.3, -0.25) is 10.1 Å². The first-order chi connectivity index (χ1) is 16.1. The maximum absolute atomic E-state index is 15.5. The number of esters is 1. The highest BCUT2D eigenvalue weighted by molar-refractivity contribution is 6.31. The van der Waals surface area contributed by atoms with E-state index in [1.165, 1.54) is 24.3 Å². The molecular weight excluding hydrogens is 493 g/mol. The number of hydrogen-bond donors (Lipinski definition) is 1. The maximum atomic E-state index is 15.5. The zero-order valence-electron chi connectivity index (χ0n) is 20.7. The molecule has 0 aromatic heterocycles. The van der Waals surface area contributed by atoms with Gasteiger partial charge in [0.2, 0.25) is 0 Å². The van der Waals surface area contributed by atoms with Gasteiger partial charge in [-0.25, -0.2) is 8.78 Å². The first kappa shape index (κ1) is 27.4. The van der Waals surface area contributed by atoms with Crippen molar-refractivity contribution < 1.29 is 18.3 Å². The first-order valence-corrected chi connectivity index (χ1v) is 12.2. The van der Waals surface area contributed by atoms with Crippen LogP contribution in [0.5, 0.6) is 0 Å². The number of carbonyl (C=O) groups is 1. The monoisotopic (exact) mass is 522 g/mol. The van der Waals surface area contributed by atoms with Crippen molar-refractivity contribution in [2.75, 3.05) is 0 Å². The third kappa shape index (κ3) is 5.48. The van der Waals surface area contributed by atoms with Crippen molar-refractivity contribution in [2.45, 2.75) is 77.0 Å². The SMILES string of the molecule is CC(C)(C)C[C@@H]1N[C@H](C(=O)OC(C)(C)C)[C@H](c2cccc(Cl)c2F)[C@@]1(C#N)c1ccc(Cl)cc1F. The summed E-state index contributed by atoms with van der Waals surface area (Å²) in [7, 11) is 0. The summed E-state index contributed by atoms with van der Waals surface area (Å²) in [6.07, 6.45) is 0.389. The lowest BCUT2D eigenvalue weighted by atomic mass is 9.62. The second kappa shape index (κ2) is 9.69. The third-order valence-corrected chi connectivity index (χ3v) is 6.64. The molecule has 2 aromatic rings. The highest BCUT2D eigenvalue weighted by Crippen LogP contribution is 2.53. The predicted molar refractivity (Wildman–Crippen MR) is 133 cm³/mol. The summed E-state index contributed by atoms with van der Waals surface area (Å²) >= 11 is 12.1. The van der Waals surface area contributed by atoms with Crippen LogP contribution in [0, 0.1) is 28.4 Å². The molecule has 0 unspecified atom stereocenters. The van der Waals surface area contributed by atoms with E-state index in [4.69, 9.17) is 27.9 Å². The van der Waals surface area contributed by atoms with Gasteiger partial charge in [0.15, 0.2) is 0 Å². The normalized spacial score (nSPS) is 24.8. The average Bonchev–Trinajstić information content (AvgIpc) is 3.02. The molecule has 8 heteroatoms. The summed E-state index contributed by atoms with van der Waals surface area (Å²) in [5.41, 5.74) is -2.76. The van der Waals surface area contributed by atoms with Crippen molar-refractivity contribution in [2.24, 2.45) is 5.41 Å². The molecule has 3 rings (SSSR count). The van der Waals surface area contributed by atoms with Crippen LogP contribution in [0.1, 0.15) is 65.0 Å². The lowest BCUT2D eigenvalue weighted by molar-refractivity contribution is -0.157. The van der Waals surface area contributed by atoms with Crippen molar-refractivity contribution in [1.29, 1.82) is 5.26 Å². The largest absolute Gasteiger partial charge is 0.459 e. The maximum Gasteiger partial charge on any atom is 0.324 e. The molecule has 1 aliphatic heterocycles. The summed E-state index contributed by atoms with van der Waals surface area (Å²) in [5, 5.41) is 14.0. The standard InChI is InChI=1S/C27H30Cl2F2N2O2/c1-25(2,3)13-20-27(14-32,17-11-10-15(28)12-19(17)30)21(16-8-7-9-18(29)22(16)31)23(33-20)24(34)35-26(4,5)6/h7-12,20-21,23,33H,13H2,1-6H3/t20-,21-,23-,27-/m0/s1. The van der Waals surface area contributed by atoms with E-state index in [-0.39, 0.29) is 26.6 Å². The van der Waals surface area contributed by atoms with Crippen LogP contribution in [0.3, 0.4) is 0 Å². The van der Waals surface area contributed by atoms with Gasteiger partial charge >= 0.3 is 5.97 Å². The van der Waals surface area contributed by atoms with Gasteiger partial charge in [0.05, 0.1) is 11.1 Å². The number of benzene rings is 2. The van der Waals surface area contributed by atoms with E-state index in [1.807, 2.05) is 20.8 Å². The Labute approximate surface area is 215 Å². The molecular formula is C27H30Cl2F2N2O2. The van der Waals surface area contributed by atoms with Crippen molar-refractivity contribution in [1.82, 2.24) is 5.32 Å². The average molecular weight is 523 g/mol. The predicted octanol–water partition coefficient (Wildman–Crippen LogP) is 6.94. The number of nitrogens with one attached hydrogen (secondary N) is 1. The highest BCUT2D eigenvalue weighted by Gasteiger charge is 2.61. The minimum atomic E-state index is -1.67. The third-order valence-electron chi connectivity index (χ3n) is 6.11. The van der Waals surface area contributed by atoms with E-state index in [0.29, 0.717) is 6.42 Å². The van der Waals surface area contributed by atoms with E-state index >= 15 is 8.78 Å². The number of nitrogens with zero attached hydrogens (tertiary/aromatic N) is 1. The summed E-state index contributed by atoms with van der Waals surface area (Å²) in [6.45, 7) is 11.1. The van der Waals surface area contributed by atoms with Crippen LogP contribution in [-0.4, -0.2) is 23.7 Å². The molecule has 1 heterocycles. The molecule has 1 N–H and O–H groups in total. The van der Waals surface area contributed by atoms with Crippen molar-refractivity contribution >= 4 is 29.2 Å². The van der Waals surface area contributed by atoms with Gasteiger partial charge in [-0.05, 0) is 56.4 Å². The lowest BCUT2D eigenvalue weighted by Crippen LogP contribution is -2.45. The summed E-state index contributed by atoms with van der Waals surface area (Å²) in [5.74, 6) is -3.27. The number of carbonyl (C=O) groups excluding carboxylic acids is 1. The molecule has 0 bridgehead atoms. The van der Waals surface area contributed by atoms with Gasteiger partial charge in [-0.2, -0.15) is 5.26 Å². The van der Waals surface area contributed by atoms with Crippen LogP contribution < -0.4 is 5.32 Å². The second-order valence-electron chi connectivity index (χ2n) is 11.2. The second-order valence-corrected chi connectivity index (χ2v) is 12.1. The number of rotatable bonds is 4. The van der Waals surface area contributed by atoms with Crippen LogP contribution in [0.15, 0.2) is 36.4 Å². The fourth-order valence-electron chi connectivity index (χ4n) is 4.90. The van der Waals surface area contributed by atoms with Crippen LogP contribution in [0.25, 0.3) is 0 Å². The first-order valence-electron chi connectivity index (χ1n) is 11.4. The Kier molecular flexibility index (Phi) is 7.58. The number of nitriles is 1. The molecule has 0 aliphatic carbocycles. The van der Waals surface area contributed by atoms with Crippen molar-refractivity contribution in [3.8, 4) is 6.07 Å². The van der Waals surface area contributed by atoms with Gasteiger partial charge in [-0.15, -0.1) is 0 Å². The van der Waals surface area contributed by atoms with E-state index in [0.717, 1.165) is 6.07 Å². The molecule has 1 fully saturated rings. The zero-order chi connectivity index (χ0) is 26.3. The van der Waals surface area contributed by atoms with Crippen LogP contribution in [0.2, 0.25) is 10.0 Å². The molecule has 4 atom stereocenters. The molecule has 0 amide bonds. The molecule has 2 aromatic carbocycles. The van der Waals surface area contributed by atoms with Crippen LogP contribution in [-0.2, 0) is 14.9 Å². The molecule has 188 valence electrons. The quantitative estimate of drug-likeness (QED) is 0.442. The Bertz CT molecular complexity index is 1170. The zero-order valence-corrected chi connectivity index (χ0v) is 22.2. The summed E-state index contributed by atoms with van der Waals surface area (Å²) in [4.78, 5) is 13.5. The van der Waals surface area contributed by atoms with Gasteiger partial charge in [0.25, 0.3) is 0 Å². The molecule has 4 nitrogen and oxygen atoms in total. The molecule has 1 aliphatic rings. The van der Waals surface area contributed by atoms with E-state index in [9.17, 15) is 10.1 Å². The molecule has 0 saturated carbocycles. The Morgan fingerprint density at radius 3 is 2.34 bits per heavy atom. The fourth-order valence-corrected chi connectivity index (χ4v) is 5.24. The van der Waals surface area contributed by atoms with Gasteiger partial charge in [0.1, 0.15) is 28.7 Å². The minimum absolute atomic E-state index is 0.0292. The van der Waals surface area contributed by atoms with Gasteiger partial charge in [0, 0.05) is 22.5 Å². The Hall–Kier alpha value is -2.20. The highest BCUT2D eigenvalue weighted by atomic mass is 35.5. The van der Waals surface area contributed by atoms with Crippen molar-refractivity contribution in [3.05, 3.63) is 69.2 Å². The number of ether oxygens (including phenoxy) is 1. The molecule has 0 spiro atoms. The number of hydrogen-bond acceptors (Lipinski definition) is 4.